The Kier molecular flexibility index (Phi) is 3.60. The summed E-state index contributed by atoms with van der Waals surface area (Å²) in [6, 6.07) is 3.81. The normalized spacial score (nSPS) is 18.3. The van der Waals surface area contributed by atoms with Crippen molar-refractivity contribution in [3.05, 3.63) is 23.8 Å². The third-order valence-corrected chi connectivity index (χ3v) is 3.19. The topological polar surface area (TPSA) is 102 Å². The van der Waals surface area contributed by atoms with Crippen LogP contribution in [0.5, 0.6) is 5.75 Å². The van der Waals surface area contributed by atoms with Crippen LogP contribution >= 0.6 is 0 Å². The zero-order valence-corrected chi connectivity index (χ0v) is 11.2. The van der Waals surface area contributed by atoms with Crippen LogP contribution in [0.2, 0.25) is 0 Å². The molecule has 1 aromatic rings. The second-order valence-electron chi connectivity index (χ2n) is 4.47. The minimum atomic E-state index is -0.842. The van der Waals surface area contributed by atoms with E-state index in [1.165, 1.54) is 20.2 Å². The van der Waals surface area contributed by atoms with Crippen LogP contribution < -0.4 is 15.8 Å². The molecule has 7 nitrogen and oxygen atoms in total. The van der Waals surface area contributed by atoms with Gasteiger partial charge in [-0.15, -0.1) is 0 Å². The van der Waals surface area contributed by atoms with E-state index in [1.54, 1.807) is 12.1 Å². The Bertz CT molecular complexity index is 585. The standard InChI is InChI=1S/C13H15N3O4/c1-16-11(17)6-10(13(16)19)15-12(18)8-5-7(20-2)3-4-9(8)14/h3-5,10H,6,14H2,1-2H3,(H,15,18). The monoisotopic (exact) mass is 277 g/mol. The van der Waals surface area contributed by atoms with Crippen LogP contribution in [0.3, 0.4) is 0 Å². The molecule has 1 aliphatic heterocycles. The first kappa shape index (κ1) is 13.9. The van der Waals surface area contributed by atoms with Gasteiger partial charge in [0.15, 0.2) is 0 Å². The van der Waals surface area contributed by atoms with Gasteiger partial charge >= 0.3 is 0 Å². The second kappa shape index (κ2) is 5.20. The van der Waals surface area contributed by atoms with Gasteiger partial charge in [-0.05, 0) is 18.2 Å². The van der Waals surface area contributed by atoms with Gasteiger partial charge in [-0.25, -0.2) is 0 Å². The van der Waals surface area contributed by atoms with Crippen molar-refractivity contribution < 1.29 is 19.1 Å². The van der Waals surface area contributed by atoms with E-state index in [4.69, 9.17) is 10.5 Å². The van der Waals surface area contributed by atoms with Gasteiger partial charge in [0.05, 0.1) is 19.1 Å². The van der Waals surface area contributed by atoms with Crippen molar-refractivity contribution in [2.24, 2.45) is 0 Å². The highest BCUT2D eigenvalue weighted by atomic mass is 16.5. The molecular formula is C13H15N3O4. The number of amides is 3. The summed E-state index contributed by atoms with van der Waals surface area (Å²) in [5.74, 6) is -0.776. The number of rotatable bonds is 3. The Labute approximate surface area is 115 Å². The number of carbonyl (C=O) groups excluding carboxylic acids is 3. The first-order chi connectivity index (χ1) is 9.43. The van der Waals surface area contributed by atoms with Gasteiger partial charge in [0.1, 0.15) is 11.8 Å². The van der Waals surface area contributed by atoms with E-state index in [2.05, 4.69) is 5.32 Å². The van der Waals surface area contributed by atoms with E-state index < -0.39 is 17.9 Å². The molecule has 0 saturated carbocycles. The molecular weight excluding hydrogens is 262 g/mol. The van der Waals surface area contributed by atoms with E-state index >= 15 is 0 Å². The molecule has 0 aromatic heterocycles. The van der Waals surface area contributed by atoms with E-state index in [0.29, 0.717) is 5.75 Å². The molecule has 0 spiro atoms. The summed E-state index contributed by atoms with van der Waals surface area (Å²) < 4.78 is 5.02. The predicted molar refractivity (Wildman–Crippen MR) is 71.1 cm³/mol. The summed E-state index contributed by atoms with van der Waals surface area (Å²) >= 11 is 0. The van der Waals surface area contributed by atoms with E-state index in [-0.39, 0.29) is 23.6 Å². The molecule has 3 N–H and O–H groups in total. The molecule has 1 saturated heterocycles. The number of likely N-dealkylation sites (tertiary alicyclic amines) is 1. The number of imide groups is 1. The van der Waals surface area contributed by atoms with Crippen LogP contribution in [0.1, 0.15) is 16.8 Å². The number of hydrogen-bond acceptors (Lipinski definition) is 5. The molecule has 1 aromatic carbocycles. The van der Waals surface area contributed by atoms with Crippen molar-refractivity contribution in [1.29, 1.82) is 0 Å². The number of nitrogens with one attached hydrogen (secondary N) is 1. The minimum Gasteiger partial charge on any atom is -0.497 e. The molecule has 0 bridgehead atoms. The lowest BCUT2D eigenvalue weighted by molar-refractivity contribution is -0.137. The van der Waals surface area contributed by atoms with Crippen molar-refractivity contribution in [1.82, 2.24) is 10.2 Å². The summed E-state index contributed by atoms with van der Waals surface area (Å²) in [7, 11) is 2.86. The molecule has 1 aliphatic rings. The van der Waals surface area contributed by atoms with E-state index in [1.807, 2.05) is 0 Å². The van der Waals surface area contributed by atoms with Gasteiger partial charge in [0, 0.05) is 12.7 Å². The van der Waals surface area contributed by atoms with Crippen molar-refractivity contribution >= 4 is 23.4 Å². The Balaban J connectivity index is 2.17. The summed E-state index contributed by atoms with van der Waals surface area (Å²) in [5.41, 5.74) is 6.21. The maximum Gasteiger partial charge on any atom is 0.254 e. The molecule has 1 unspecified atom stereocenters. The average molecular weight is 277 g/mol. The molecule has 7 heteroatoms. The largest absolute Gasteiger partial charge is 0.497 e. The van der Waals surface area contributed by atoms with Crippen LogP contribution in [0.15, 0.2) is 18.2 Å². The third-order valence-electron chi connectivity index (χ3n) is 3.19. The van der Waals surface area contributed by atoms with Crippen molar-refractivity contribution in [2.75, 3.05) is 19.9 Å². The molecule has 106 valence electrons. The molecule has 3 amide bonds. The quantitative estimate of drug-likeness (QED) is 0.586. The van der Waals surface area contributed by atoms with E-state index in [9.17, 15) is 14.4 Å². The second-order valence-corrected chi connectivity index (χ2v) is 4.47. The number of benzene rings is 1. The smallest absolute Gasteiger partial charge is 0.254 e. The zero-order chi connectivity index (χ0) is 14.9. The van der Waals surface area contributed by atoms with E-state index in [0.717, 1.165) is 4.90 Å². The van der Waals surface area contributed by atoms with Crippen molar-refractivity contribution in [2.45, 2.75) is 12.5 Å². The SMILES string of the molecule is COc1ccc(N)c(C(=O)NC2CC(=O)N(C)C2=O)c1. The highest BCUT2D eigenvalue weighted by molar-refractivity contribution is 6.08. The summed E-state index contributed by atoms with van der Waals surface area (Å²) in [6.45, 7) is 0. The molecule has 0 aliphatic carbocycles. The molecule has 20 heavy (non-hydrogen) atoms. The zero-order valence-electron chi connectivity index (χ0n) is 11.2. The number of likely N-dealkylation sites (N-methyl/N-ethyl adjacent to an activating group) is 1. The van der Waals surface area contributed by atoms with Crippen LogP contribution in [-0.2, 0) is 9.59 Å². The van der Waals surface area contributed by atoms with Crippen LogP contribution in [0, 0.1) is 0 Å². The van der Waals surface area contributed by atoms with Crippen molar-refractivity contribution in [3.63, 3.8) is 0 Å². The first-order valence-corrected chi connectivity index (χ1v) is 5.99. The van der Waals surface area contributed by atoms with Crippen molar-refractivity contribution in [3.8, 4) is 5.75 Å². The molecule has 1 fully saturated rings. The maximum absolute atomic E-state index is 12.1. The average Bonchev–Trinajstić information content (AvgIpc) is 2.67. The number of nitrogens with zero attached hydrogens (tertiary/aromatic N) is 1. The van der Waals surface area contributed by atoms with Crippen LogP contribution in [0.25, 0.3) is 0 Å². The number of anilines is 1. The number of nitrogen functional groups attached to an aromatic ring is 1. The van der Waals surface area contributed by atoms with Gasteiger partial charge in [0.25, 0.3) is 11.8 Å². The summed E-state index contributed by atoms with van der Waals surface area (Å²) in [5, 5.41) is 2.51. The summed E-state index contributed by atoms with van der Waals surface area (Å²) in [4.78, 5) is 36.2. The van der Waals surface area contributed by atoms with Crippen LogP contribution in [-0.4, -0.2) is 42.8 Å². The third kappa shape index (κ3) is 2.42. The molecule has 1 atom stereocenters. The Hall–Kier alpha value is -2.57. The molecule has 0 radical (unpaired) electrons. The number of carbonyl (C=O) groups is 3. The number of ether oxygens (including phenoxy) is 1. The van der Waals surface area contributed by atoms with Crippen LogP contribution in [0.4, 0.5) is 5.69 Å². The lowest BCUT2D eigenvalue weighted by Gasteiger charge is -2.13. The molecule has 1 heterocycles. The lowest BCUT2D eigenvalue weighted by Crippen LogP contribution is -2.40. The first-order valence-electron chi connectivity index (χ1n) is 5.99. The minimum absolute atomic E-state index is 0.0368. The fourth-order valence-corrected chi connectivity index (χ4v) is 1.96. The van der Waals surface area contributed by atoms with Gasteiger partial charge in [-0.1, -0.05) is 0 Å². The van der Waals surface area contributed by atoms with Gasteiger partial charge in [0.2, 0.25) is 5.91 Å². The Morgan fingerprint density at radius 1 is 1.45 bits per heavy atom. The number of hydrogen-bond donors (Lipinski definition) is 2. The maximum atomic E-state index is 12.1. The lowest BCUT2D eigenvalue weighted by atomic mass is 10.1. The highest BCUT2D eigenvalue weighted by Crippen LogP contribution is 2.20. The molecule has 2 rings (SSSR count). The van der Waals surface area contributed by atoms with Gasteiger partial charge in [-0.2, -0.15) is 0 Å². The number of methoxy groups -OCH3 is 1. The highest BCUT2D eigenvalue weighted by Gasteiger charge is 2.37. The predicted octanol–water partition coefficient (Wildman–Crippen LogP) is -0.236. The Morgan fingerprint density at radius 3 is 2.70 bits per heavy atom. The fourth-order valence-electron chi connectivity index (χ4n) is 1.96. The van der Waals surface area contributed by atoms with Gasteiger partial charge < -0.3 is 15.8 Å². The van der Waals surface area contributed by atoms with Gasteiger partial charge in [-0.3, -0.25) is 19.3 Å². The Morgan fingerprint density at radius 2 is 2.15 bits per heavy atom. The number of nitrogens with two attached hydrogens (primary N) is 1. The summed E-state index contributed by atoms with van der Waals surface area (Å²) in [6.07, 6.45) is -0.0368. The fraction of sp³-hybridized carbons (Fsp3) is 0.308.